The average molecular weight is 229 g/mol. The fourth-order valence-electron chi connectivity index (χ4n) is 1.18. The van der Waals surface area contributed by atoms with E-state index in [4.69, 9.17) is 4.42 Å². The maximum atomic E-state index is 5.24. The molecule has 0 atom stereocenters. The van der Waals surface area contributed by atoms with Crippen molar-refractivity contribution in [3.05, 3.63) is 24.2 Å². The predicted molar refractivity (Wildman–Crippen MR) is 50.4 cm³/mol. The third kappa shape index (κ3) is 1.59. The minimum atomic E-state index is 0.704. The van der Waals surface area contributed by atoms with Crippen LogP contribution in [0.25, 0.3) is 0 Å². The van der Waals surface area contributed by atoms with Gasteiger partial charge in [0, 0.05) is 29.1 Å². The van der Waals surface area contributed by atoms with Crippen molar-refractivity contribution in [3.8, 4) is 0 Å². The van der Waals surface area contributed by atoms with E-state index in [1.165, 1.54) is 0 Å². The molecule has 64 valence electrons. The van der Waals surface area contributed by atoms with Crippen molar-refractivity contribution < 1.29 is 4.42 Å². The Morgan fingerprint density at radius 3 is 3.08 bits per heavy atom. The molecule has 0 aromatic carbocycles. The van der Waals surface area contributed by atoms with E-state index in [1.807, 2.05) is 16.1 Å². The van der Waals surface area contributed by atoms with Gasteiger partial charge in [0.05, 0.1) is 12.0 Å². The molecule has 0 saturated carbocycles. The second-order valence-electron chi connectivity index (χ2n) is 2.66. The lowest BCUT2D eigenvalue weighted by Crippen LogP contribution is -2.23. The Hall–Kier alpha value is -0.610. The Bertz CT molecular complexity index is 281. The van der Waals surface area contributed by atoms with Gasteiger partial charge >= 0.3 is 0 Å². The lowest BCUT2D eigenvalue weighted by atomic mass is 10.2. The number of rotatable bonds is 1. The van der Waals surface area contributed by atoms with Crippen molar-refractivity contribution in [2.45, 2.75) is 6.42 Å². The van der Waals surface area contributed by atoms with Gasteiger partial charge in [0.2, 0.25) is 0 Å². The van der Waals surface area contributed by atoms with Crippen LogP contribution < -0.4 is 0 Å². The molecule has 1 aromatic rings. The Labute approximate surface area is 79.4 Å². The summed E-state index contributed by atoms with van der Waals surface area (Å²) in [6.07, 6.45) is 2.62. The molecule has 0 bridgehead atoms. The van der Waals surface area contributed by atoms with E-state index < -0.39 is 0 Å². The lowest BCUT2D eigenvalue weighted by molar-refractivity contribution is 0.488. The van der Waals surface area contributed by atoms with Gasteiger partial charge in [-0.2, -0.15) is 0 Å². The summed E-state index contributed by atoms with van der Waals surface area (Å²) in [6.45, 7) is 1.69. The van der Waals surface area contributed by atoms with Gasteiger partial charge in [0.15, 0.2) is 0 Å². The highest BCUT2D eigenvalue weighted by atomic mass is 79.9. The molecule has 3 nitrogen and oxygen atoms in total. The standard InChI is InChI=1S/C8H9BrN2O/c9-11-4-3-7(10-6-11)8-2-1-5-12-8/h1-2,5H,3-4,6H2. The van der Waals surface area contributed by atoms with Gasteiger partial charge in [-0.25, -0.2) is 3.93 Å². The number of hydrogen-bond acceptors (Lipinski definition) is 3. The second-order valence-corrected chi connectivity index (χ2v) is 3.66. The van der Waals surface area contributed by atoms with Crippen LogP contribution in [0.15, 0.2) is 27.8 Å². The average Bonchev–Trinajstić information content (AvgIpc) is 2.58. The fourth-order valence-corrected chi connectivity index (χ4v) is 1.47. The summed E-state index contributed by atoms with van der Waals surface area (Å²) in [5, 5.41) is 0. The van der Waals surface area contributed by atoms with Crippen LogP contribution in [0.5, 0.6) is 0 Å². The lowest BCUT2D eigenvalue weighted by Gasteiger charge is -2.17. The minimum Gasteiger partial charge on any atom is -0.463 e. The van der Waals surface area contributed by atoms with Crippen LogP contribution in [0.4, 0.5) is 0 Å². The second kappa shape index (κ2) is 3.41. The quantitative estimate of drug-likeness (QED) is 0.689. The summed E-state index contributed by atoms with van der Waals surface area (Å²) >= 11 is 3.37. The highest BCUT2D eigenvalue weighted by Crippen LogP contribution is 2.13. The van der Waals surface area contributed by atoms with E-state index in [0.29, 0.717) is 6.67 Å². The van der Waals surface area contributed by atoms with Crippen LogP contribution in [-0.2, 0) is 0 Å². The van der Waals surface area contributed by atoms with E-state index in [0.717, 1.165) is 24.4 Å². The van der Waals surface area contributed by atoms with E-state index in [1.54, 1.807) is 6.26 Å². The van der Waals surface area contributed by atoms with Crippen LogP contribution >= 0.6 is 16.1 Å². The summed E-state index contributed by atoms with van der Waals surface area (Å²) in [4.78, 5) is 4.35. The van der Waals surface area contributed by atoms with E-state index in [2.05, 4.69) is 21.1 Å². The summed E-state index contributed by atoms with van der Waals surface area (Å²) in [7, 11) is 0. The molecule has 4 heteroatoms. The maximum absolute atomic E-state index is 5.24. The smallest absolute Gasteiger partial charge is 0.147 e. The number of hydrogen-bond donors (Lipinski definition) is 0. The van der Waals surface area contributed by atoms with Crippen molar-refractivity contribution in [2.75, 3.05) is 13.2 Å². The first-order chi connectivity index (χ1) is 5.86. The first-order valence-electron chi connectivity index (χ1n) is 3.84. The molecule has 1 aliphatic heterocycles. The number of aliphatic imine (C=N–C) groups is 1. The summed E-state index contributed by atoms with van der Waals surface area (Å²) in [6, 6.07) is 3.83. The third-order valence-electron chi connectivity index (χ3n) is 1.81. The molecule has 2 heterocycles. The van der Waals surface area contributed by atoms with E-state index >= 15 is 0 Å². The zero-order chi connectivity index (χ0) is 8.39. The van der Waals surface area contributed by atoms with Gasteiger partial charge < -0.3 is 4.42 Å². The molecule has 1 aliphatic rings. The molecule has 0 aliphatic carbocycles. The summed E-state index contributed by atoms with van der Waals surface area (Å²) in [5.41, 5.74) is 1.07. The van der Waals surface area contributed by atoms with Crippen LogP contribution in [0.2, 0.25) is 0 Å². The van der Waals surface area contributed by atoms with Crippen LogP contribution in [0.3, 0.4) is 0 Å². The fraction of sp³-hybridized carbons (Fsp3) is 0.375. The minimum absolute atomic E-state index is 0.704. The first-order valence-corrected chi connectivity index (χ1v) is 4.55. The first kappa shape index (κ1) is 8.01. The summed E-state index contributed by atoms with van der Waals surface area (Å²) < 4.78 is 7.24. The number of halogens is 1. The summed E-state index contributed by atoms with van der Waals surface area (Å²) in [5.74, 6) is 0.899. The molecule has 0 N–H and O–H groups in total. The van der Waals surface area contributed by atoms with Crippen molar-refractivity contribution in [3.63, 3.8) is 0 Å². The van der Waals surface area contributed by atoms with Crippen LogP contribution in [-0.4, -0.2) is 22.9 Å². The Morgan fingerprint density at radius 1 is 1.58 bits per heavy atom. The predicted octanol–water partition coefficient (Wildman–Crippen LogP) is 2.04. The van der Waals surface area contributed by atoms with Crippen molar-refractivity contribution in [2.24, 2.45) is 4.99 Å². The molecule has 1 aromatic heterocycles. The molecule has 0 fully saturated rings. The van der Waals surface area contributed by atoms with Crippen molar-refractivity contribution in [1.29, 1.82) is 0 Å². The van der Waals surface area contributed by atoms with Crippen molar-refractivity contribution in [1.82, 2.24) is 3.93 Å². The van der Waals surface area contributed by atoms with Gasteiger partial charge in [-0.3, -0.25) is 4.99 Å². The van der Waals surface area contributed by atoms with Crippen LogP contribution in [0.1, 0.15) is 12.2 Å². The number of furan rings is 1. The van der Waals surface area contributed by atoms with E-state index in [9.17, 15) is 0 Å². The van der Waals surface area contributed by atoms with E-state index in [-0.39, 0.29) is 0 Å². The molecular formula is C8H9BrN2O. The van der Waals surface area contributed by atoms with Gasteiger partial charge in [0.25, 0.3) is 0 Å². The zero-order valence-electron chi connectivity index (χ0n) is 6.53. The van der Waals surface area contributed by atoms with Gasteiger partial charge in [-0.1, -0.05) is 0 Å². The SMILES string of the molecule is BrN1CCC(c2ccco2)=NC1. The van der Waals surface area contributed by atoms with Gasteiger partial charge in [0.1, 0.15) is 12.4 Å². The Balaban J connectivity index is 2.16. The Kier molecular flexibility index (Phi) is 2.28. The van der Waals surface area contributed by atoms with Crippen LogP contribution in [0, 0.1) is 0 Å². The van der Waals surface area contributed by atoms with Gasteiger partial charge in [-0.05, 0) is 12.1 Å². The highest BCUT2D eigenvalue weighted by molar-refractivity contribution is 9.07. The third-order valence-corrected chi connectivity index (χ3v) is 2.39. The topological polar surface area (TPSA) is 28.7 Å². The van der Waals surface area contributed by atoms with Crippen molar-refractivity contribution >= 4 is 21.9 Å². The molecule has 0 spiro atoms. The zero-order valence-corrected chi connectivity index (χ0v) is 8.12. The normalized spacial score (nSPS) is 19.2. The van der Waals surface area contributed by atoms with Gasteiger partial charge in [-0.15, -0.1) is 0 Å². The number of nitrogens with zero attached hydrogens (tertiary/aromatic N) is 2. The highest BCUT2D eigenvalue weighted by Gasteiger charge is 2.13. The molecule has 2 rings (SSSR count). The molecule has 0 radical (unpaired) electrons. The molecule has 0 amide bonds. The largest absolute Gasteiger partial charge is 0.463 e. The molecular weight excluding hydrogens is 220 g/mol. The molecule has 0 unspecified atom stereocenters. The Morgan fingerprint density at radius 2 is 2.50 bits per heavy atom. The molecule has 0 saturated heterocycles. The molecule has 12 heavy (non-hydrogen) atoms. The maximum Gasteiger partial charge on any atom is 0.147 e. The monoisotopic (exact) mass is 228 g/mol.